The van der Waals surface area contributed by atoms with Gasteiger partial charge in [0.2, 0.25) is 5.91 Å². The molecule has 1 aromatic carbocycles. The third-order valence-corrected chi connectivity index (χ3v) is 2.73. The van der Waals surface area contributed by atoms with Crippen LogP contribution in [-0.4, -0.2) is 23.0 Å². The van der Waals surface area contributed by atoms with Crippen LogP contribution in [0.3, 0.4) is 0 Å². The zero-order chi connectivity index (χ0) is 13.1. The Morgan fingerprint density at radius 2 is 2.28 bits per heavy atom. The van der Waals surface area contributed by atoms with Gasteiger partial charge in [-0.1, -0.05) is 6.07 Å². The van der Waals surface area contributed by atoms with Crippen LogP contribution in [0.25, 0.3) is 0 Å². The molecule has 1 unspecified atom stereocenters. The van der Waals surface area contributed by atoms with Crippen LogP contribution >= 0.6 is 0 Å². The van der Waals surface area contributed by atoms with E-state index in [2.05, 4.69) is 10.6 Å². The second-order valence-corrected chi connectivity index (χ2v) is 3.96. The van der Waals surface area contributed by atoms with Crippen LogP contribution in [0.2, 0.25) is 0 Å². The summed E-state index contributed by atoms with van der Waals surface area (Å²) in [6, 6.07) is 6.46. The number of carbonyl (C=O) groups excluding carboxylic acids is 1. The first-order valence-corrected chi connectivity index (χ1v) is 5.44. The minimum Gasteiger partial charge on any atom is -0.481 e. The molecule has 18 heavy (non-hydrogen) atoms. The lowest BCUT2D eigenvalue weighted by Crippen LogP contribution is -2.39. The molecule has 0 spiro atoms. The van der Waals surface area contributed by atoms with Crippen LogP contribution in [0.1, 0.15) is 18.4 Å². The minimum absolute atomic E-state index is 0.0850. The van der Waals surface area contributed by atoms with E-state index in [0.29, 0.717) is 16.9 Å². The van der Waals surface area contributed by atoms with E-state index in [0.717, 1.165) is 0 Å². The van der Waals surface area contributed by atoms with E-state index < -0.39 is 12.0 Å². The maximum atomic E-state index is 11.8. The first-order valence-electron chi connectivity index (χ1n) is 5.44. The van der Waals surface area contributed by atoms with Crippen LogP contribution in [0, 0.1) is 11.3 Å². The number of nitrogens with one attached hydrogen (secondary N) is 2. The lowest BCUT2D eigenvalue weighted by atomic mass is 10.0. The highest BCUT2D eigenvalue weighted by molar-refractivity contribution is 6.04. The van der Waals surface area contributed by atoms with Crippen LogP contribution in [0.4, 0.5) is 11.4 Å². The molecule has 0 aromatic heterocycles. The number of para-hydroxylation sites is 1. The smallest absolute Gasteiger partial charge is 0.303 e. The van der Waals surface area contributed by atoms with E-state index in [1.54, 1.807) is 18.2 Å². The molecule has 6 nitrogen and oxygen atoms in total. The van der Waals surface area contributed by atoms with Gasteiger partial charge in [0.15, 0.2) is 0 Å². The number of nitrogens with zero attached hydrogens (tertiary/aromatic N) is 1. The molecule has 6 heteroatoms. The lowest BCUT2D eigenvalue weighted by molar-refractivity contribution is -0.137. The number of nitriles is 1. The molecule has 0 aliphatic carbocycles. The zero-order valence-electron chi connectivity index (χ0n) is 9.43. The summed E-state index contributed by atoms with van der Waals surface area (Å²) in [6.45, 7) is 0. The highest BCUT2D eigenvalue weighted by atomic mass is 16.4. The Morgan fingerprint density at radius 3 is 2.94 bits per heavy atom. The Bertz CT molecular complexity index is 548. The van der Waals surface area contributed by atoms with Crippen molar-refractivity contribution in [3.8, 4) is 6.07 Å². The monoisotopic (exact) mass is 245 g/mol. The summed E-state index contributed by atoms with van der Waals surface area (Å²) < 4.78 is 0. The number of hydrogen-bond donors (Lipinski definition) is 3. The molecule has 0 radical (unpaired) electrons. The fraction of sp³-hybridized carbons (Fsp3) is 0.250. The lowest BCUT2D eigenvalue weighted by Gasteiger charge is -2.27. The van der Waals surface area contributed by atoms with Crippen molar-refractivity contribution in [1.29, 1.82) is 5.26 Å². The average molecular weight is 245 g/mol. The molecule has 0 fully saturated rings. The van der Waals surface area contributed by atoms with Gasteiger partial charge in [-0.15, -0.1) is 0 Å². The van der Waals surface area contributed by atoms with Crippen molar-refractivity contribution < 1.29 is 14.7 Å². The van der Waals surface area contributed by atoms with Crippen molar-refractivity contribution in [1.82, 2.24) is 0 Å². The molecule has 1 atom stereocenters. The number of fused-ring (bicyclic) bond motifs is 1. The van der Waals surface area contributed by atoms with E-state index in [9.17, 15) is 9.59 Å². The Hall–Kier alpha value is -2.55. The number of carboxylic acid groups (broad SMARTS) is 1. The fourth-order valence-corrected chi connectivity index (χ4v) is 1.84. The van der Waals surface area contributed by atoms with Crippen molar-refractivity contribution in [3.63, 3.8) is 0 Å². The van der Waals surface area contributed by atoms with Crippen molar-refractivity contribution >= 4 is 23.3 Å². The fourth-order valence-electron chi connectivity index (χ4n) is 1.84. The predicted octanol–water partition coefficient (Wildman–Crippen LogP) is 1.16. The molecule has 1 amide bonds. The van der Waals surface area contributed by atoms with Gasteiger partial charge >= 0.3 is 5.97 Å². The summed E-state index contributed by atoms with van der Waals surface area (Å²) in [6.07, 6.45) is 0.121. The molecule has 2 rings (SSSR count). The summed E-state index contributed by atoms with van der Waals surface area (Å²) in [4.78, 5) is 22.3. The van der Waals surface area contributed by atoms with Gasteiger partial charge in [-0.25, -0.2) is 0 Å². The number of amides is 1. The standard InChI is InChI=1S/C12H11N3O3/c13-6-7-2-1-3-8-11(7)15-12(18)9(14-8)4-5-10(16)17/h1-3,9,14H,4-5H2,(H,15,18)(H,16,17). The highest BCUT2D eigenvalue weighted by Gasteiger charge is 2.27. The Morgan fingerprint density at radius 1 is 1.50 bits per heavy atom. The molecule has 1 heterocycles. The molecule has 92 valence electrons. The van der Waals surface area contributed by atoms with Gasteiger partial charge in [-0.2, -0.15) is 5.26 Å². The van der Waals surface area contributed by atoms with Crippen LogP contribution in [0.5, 0.6) is 0 Å². The predicted molar refractivity (Wildman–Crippen MR) is 64.1 cm³/mol. The average Bonchev–Trinajstić information content (AvgIpc) is 2.35. The minimum atomic E-state index is -0.943. The van der Waals surface area contributed by atoms with E-state index in [-0.39, 0.29) is 18.7 Å². The van der Waals surface area contributed by atoms with E-state index in [1.165, 1.54) is 0 Å². The van der Waals surface area contributed by atoms with Gasteiger partial charge in [0.1, 0.15) is 12.1 Å². The number of aliphatic carboxylic acids is 1. The second-order valence-electron chi connectivity index (χ2n) is 3.96. The first-order chi connectivity index (χ1) is 8.61. The summed E-state index contributed by atoms with van der Waals surface area (Å²) in [5.41, 5.74) is 1.48. The van der Waals surface area contributed by atoms with Crippen LogP contribution in [0.15, 0.2) is 18.2 Å². The Kier molecular flexibility index (Phi) is 3.15. The third kappa shape index (κ3) is 2.25. The van der Waals surface area contributed by atoms with Crippen molar-refractivity contribution in [3.05, 3.63) is 23.8 Å². The summed E-state index contributed by atoms with van der Waals surface area (Å²) in [5, 5.41) is 23.1. The quantitative estimate of drug-likeness (QED) is 0.741. The summed E-state index contributed by atoms with van der Waals surface area (Å²) in [5.74, 6) is -1.26. The van der Waals surface area contributed by atoms with Crippen LogP contribution < -0.4 is 10.6 Å². The number of anilines is 2. The van der Waals surface area contributed by atoms with Gasteiger partial charge in [0.05, 0.1) is 16.9 Å². The Labute approximate surface area is 103 Å². The molecule has 0 saturated heterocycles. The summed E-state index contributed by atoms with van der Waals surface area (Å²) in [7, 11) is 0. The molecular formula is C12H11N3O3. The number of rotatable bonds is 3. The zero-order valence-corrected chi connectivity index (χ0v) is 9.43. The molecule has 0 saturated carbocycles. The molecule has 1 aromatic rings. The second kappa shape index (κ2) is 4.75. The number of carboxylic acids is 1. The largest absolute Gasteiger partial charge is 0.481 e. The van der Waals surface area contributed by atoms with Crippen molar-refractivity contribution in [2.45, 2.75) is 18.9 Å². The number of hydrogen-bond acceptors (Lipinski definition) is 4. The van der Waals surface area contributed by atoms with Gasteiger partial charge < -0.3 is 15.7 Å². The normalized spacial score (nSPS) is 17.1. The van der Waals surface area contributed by atoms with E-state index in [4.69, 9.17) is 10.4 Å². The molecule has 0 bridgehead atoms. The van der Waals surface area contributed by atoms with Crippen molar-refractivity contribution in [2.24, 2.45) is 0 Å². The molecule has 1 aliphatic heterocycles. The SMILES string of the molecule is N#Cc1cccc2c1NC(=O)C(CCC(=O)O)N2. The van der Waals surface area contributed by atoms with Crippen molar-refractivity contribution in [2.75, 3.05) is 10.6 Å². The Balaban J connectivity index is 2.21. The van der Waals surface area contributed by atoms with Gasteiger partial charge in [-0.3, -0.25) is 9.59 Å². The van der Waals surface area contributed by atoms with E-state index in [1.807, 2.05) is 6.07 Å². The van der Waals surface area contributed by atoms with Crippen LogP contribution in [-0.2, 0) is 9.59 Å². The molecule has 3 N–H and O–H groups in total. The maximum absolute atomic E-state index is 11.8. The first kappa shape index (κ1) is 11.9. The third-order valence-electron chi connectivity index (χ3n) is 2.73. The topological polar surface area (TPSA) is 102 Å². The summed E-state index contributed by atoms with van der Waals surface area (Å²) >= 11 is 0. The van der Waals surface area contributed by atoms with E-state index >= 15 is 0 Å². The number of benzene rings is 1. The van der Waals surface area contributed by atoms with Gasteiger partial charge in [0.25, 0.3) is 0 Å². The van der Waals surface area contributed by atoms with Gasteiger partial charge in [-0.05, 0) is 18.6 Å². The number of carbonyl (C=O) groups is 2. The highest BCUT2D eigenvalue weighted by Crippen LogP contribution is 2.30. The molecular weight excluding hydrogens is 234 g/mol. The van der Waals surface area contributed by atoms with Gasteiger partial charge in [0, 0.05) is 6.42 Å². The maximum Gasteiger partial charge on any atom is 0.303 e. The molecule has 1 aliphatic rings.